The van der Waals surface area contributed by atoms with Crippen LogP contribution in [0.4, 0.5) is 0 Å². The third kappa shape index (κ3) is 2.99. The van der Waals surface area contributed by atoms with Gasteiger partial charge in [0.15, 0.2) is 0 Å². The van der Waals surface area contributed by atoms with Crippen LogP contribution in [0.2, 0.25) is 10.0 Å². The van der Waals surface area contributed by atoms with Crippen molar-refractivity contribution in [3.8, 4) is 0 Å². The van der Waals surface area contributed by atoms with E-state index >= 15 is 0 Å². The summed E-state index contributed by atoms with van der Waals surface area (Å²) in [5.41, 5.74) is 0.606. The standard InChI is InChI=1S/C12H15Cl2NO2S/c1-8-6-10(13)11(14)7-12(8)18(16,17)15-9-4-2-3-5-9/h6-7,9,15H,2-5H2,1H3. The number of benzene rings is 1. The minimum atomic E-state index is -3.51. The van der Waals surface area contributed by atoms with Gasteiger partial charge in [-0.25, -0.2) is 13.1 Å². The van der Waals surface area contributed by atoms with Gasteiger partial charge in [0.1, 0.15) is 0 Å². The van der Waals surface area contributed by atoms with Crippen LogP contribution in [0.3, 0.4) is 0 Å². The average Bonchev–Trinajstić information content (AvgIpc) is 2.75. The Morgan fingerprint density at radius 2 is 1.72 bits per heavy atom. The van der Waals surface area contributed by atoms with Crippen LogP contribution in [-0.4, -0.2) is 14.5 Å². The molecule has 1 N–H and O–H groups in total. The molecule has 1 aliphatic carbocycles. The lowest BCUT2D eigenvalue weighted by atomic mass is 10.2. The summed E-state index contributed by atoms with van der Waals surface area (Å²) in [6.45, 7) is 1.71. The van der Waals surface area contributed by atoms with Gasteiger partial charge in [0.05, 0.1) is 14.9 Å². The third-order valence-electron chi connectivity index (χ3n) is 3.18. The zero-order valence-electron chi connectivity index (χ0n) is 10.0. The summed E-state index contributed by atoms with van der Waals surface area (Å²) < 4.78 is 27.2. The van der Waals surface area contributed by atoms with Crippen LogP contribution in [0.1, 0.15) is 31.2 Å². The zero-order valence-corrected chi connectivity index (χ0v) is 12.4. The fourth-order valence-electron chi connectivity index (χ4n) is 2.24. The van der Waals surface area contributed by atoms with E-state index < -0.39 is 10.0 Å². The summed E-state index contributed by atoms with van der Waals surface area (Å²) in [4.78, 5) is 0.212. The van der Waals surface area contributed by atoms with Gasteiger partial charge in [0.2, 0.25) is 10.0 Å². The van der Waals surface area contributed by atoms with Gasteiger partial charge in [-0.05, 0) is 37.5 Å². The van der Waals surface area contributed by atoms with Gasteiger partial charge in [-0.1, -0.05) is 36.0 Å². The van der Waals surface area contributed by atoms with Gasteiger partial charge in [-0.3, -0.25) is 0 Å². The fourth-order valence-corrected chi connectivity index (χ4v) is 4.25. The van der Waals surface area contributed by atoms with Crippen molar-refractivity contribution in [3.05, 3.63) is 27.7 Å². The van der Waals surface area contributed by atoms with E-state index in [-0.39, 0.29) is 16.0 Å². The molecule has 0 amide bonds. The van der Waals surface area contributed by atoms with Crippen molar-refractivity contribution in [1.29, 1.82) is 0 Å². The lowest BCUT2D eigenvalue weighted by Gasteiger charge is -2.14. The average molecular weight is 308 g/mol. The molecule has 1 saturated carbocycles. The first-order valence-electron chi connectivity index (χ1n) is 5.88. The van der Waals surface area contributed by atoms with Crippen LogP contribution >= 0.6 is 23.2 Å². The number of hydrogen-bond donors (Lipinski definition) is 1. The Balaban J connectivity index is 2.31. The monoisotopic (exact) mass is 307 g/mol. The summed E-state index contributed by atoms with van der Waals surface area (Å²) in [5.74, 6) is 0. The highest BCUT2D eigenvalue weighted by Crippen LogP contribution is 2.29. The molecular formula is C12H15Cl2NO2S. The molecule has 1 fully saturated rings. The Bertz CT molecular complexity index is 551. The maximum Gasteiger partial charge on any atom is 0.241 e. The van der Waals surface area contributed by atoms with E-state index in [9.17, 15) is 8.42 Å². The molecule has 0 aromatic heterocycles. The van der Waals surface area contributed by atoms with E-state index in [1.807, 2.05) is 0 Å². The fraction of sp³-hybridized carbons (Fsp3) is 0.500. The van der Waals surface area contributed by atoms with Gasteiger partial charge in [-0.2, -0.15) is 0 Å². The number of nitrogens with one attached hydrogen (secondary N) is 1. The van der Waals surface area contributed by atoms with E-state index in [0.29, 0.717) is 10.6 Å². The maximum atomic E-state index is 12.3. The lowest BCUT2D eigenvalue weighted by molar-refractivity contribution is 0.551. The van der Waals surface area contributed by atoms with Crippen molar-refractivity contribution in [2.75, 3.05) is 0 Å². The number of rotatable bonds is 3. The second-order valence-electron chi connectivity index (χ2n) is 4.63. The Morgan fingerprint density at radius 1 is 1.17 bits per heavy atom. The highest BCUT2D eigenvalue weighted by atomic mass is 35.5. The van der Waals surface area contributed by atoms with Crippen LogP contribution in [0.25, 0.3) is 0 Å². The SMILES string of the molecule is Cc1cc(Cl)c(Cl)cc1S(=O)(=O)NC1CCCC1. The first kappa shape index (κ1) is 14.1. The molecule has 0 unspecified atom stereocenters. The van der Waals surface area contributed by atoms with Gasteiger partial charge >= 0.3 is 0 Å². The molecule has 100 valence electrons. The molecule has 0 spiro atoms. The summed E-state index contributed by atoms with van der Waals surface area (Å²) in [6, 6.07) is 3.03. The van der Waals surface area contributed by atoms with Crippen LogP contribution in [0.5, 0.6) is 0 Å². The van der Waals surface area contributed by atoms with Crippen LogP contribution in [0.15, 0.2) is 17.0 Å². The predicted molar refractivity (Wildman–Crippen MR) is 73.8 cm³/mol. The summed E-state index contributed by atoms with van der Waals surface area (Å²) >= 11 is 11.7. The summed E-state index contributed by atoms with van der Waals surface area (Å²) in [7, 11) is -3.51. The van der Waals surface area contributed by atoms with Crippen molar-refractivity contribution in [2.24, 2.45) is 0 Å². The second kappa shape index (κ2) is 5.37. The van der Waals surface area contributed by atoms with Gasteiger partial charge in [0.25, 0.3) is 0 Å². The highest BCUT2D eigenvalue weighted by molar-refractivity contribution is 7.89. The molecule has 0 bridgehead atoms. The predicted octanol–water partition coefficient (Wildman–Crippen LogP) is 3.52. The number of sulfonamides is 1. The van der Waals surface area contributed by atoms with E-state index in [4.69, 9.17) is 23.2 Å². The van der Waals surface area contributed by atoms with Crippen LogP contribution in [-0.2, 0) is 10.0 Å². The number of aryl methyl sites for hydroxylation is 1. The molecular weight excluding hydrogens is 293 g/mol. The third-order valence-corrected chi connectivity index (χ3v) is 5.57. The molecule has 0 saturated heterocycles. The lowest BCUT2D eigenvalue weighted by Crippen LogP contribution is -2.33. The highest BCUT2D eigenvalue weighted by Gasteiger charge is 2.24. The summed E-state index contributed by atoms with van der Waals surface area (Å²) in [6.07, 6.45) is 3.96. The molecule has 1 aromatic carbocycles. The quantitative estimate of drug-likeness (QED) is 0.928. The van der Waals surface area contributed by atoms with E-state index in [0.717, 1.165) is 25.7 Å². The Hall–Kier alpha value is -0.290. The Morgan fingerprint density at radius 3 is 2.33 bits per heavy atom. The van der Waals surface area contributed by atoms with E-state index in [1.165, 1.54) is 6.07 Å². The van der Waals surface area contributed by atoms with Crippen molar-refractivity contribution in [2.45, 2.75) is 43.5 Å². The first-order chi connectivity index (χ1) is 8.40. The zero-order chi connectivity index (χ0) is 13.3. The molecule has 2 rings (SSSR count). The number of halogens is 2. The normalized spacial score (nSPS) is 17.3. The molecule has 6 heteroatoms. The van der Waals surface area contributed by atoms with Gasteiger partial charge < -0.3 is 0 Å². The molecule has 1 aromatic rings. The number of hydrogen-bond acceptors (Lipinski definition) is 2. The maximum absolute atomic E-state index is 12.3. The van der Waals surface area contributed by atoms with Crippen molar-refractivity contribution < 1.29 is 8.42 Å². The van der Waals surface area contributed by atoms with Gasteiger partial charge in [-0.15, -0.1) is 0 Å². The Kier molecular flexibility index (Phi) is 4.22. The molecule has 18 heavy (non-hydrogen) atoms. The molecule has 0 aliphatic heterocycles. The van der Waals surface area contributed by atoms with E-state index in [1.54, 1.807) is 13.0 Å². The smallest absolute Gasteiger partial charge is 0.208 e. The first-order valence-corrected chi connectivity index (χ1v) is 8.12. The van der Waals surface area contributed by atoms with Crippen LogP contribution < -0.4 is 4.72 Å². The van der Waals surface area contributed by atoms with Crippen LogP contribution in [0, 0.1) is 6.92 Å². The molecule has 0 radical (unpaired) electrons. The van der Waals surface area contributed by atoms with E-state index in [2.05, 4.69) is 4.72 Å². The molecule has 0 heterocycles. The van der Waals surface area contributed by atoms with Gasteiger partial charge in [0, 0.05) is 6.04 Å². The minimum absolute atomic E-state index is 0.0452. The van der Waals surface area contributed by atoms with Crippen molar-refractivity contribution in [1.82, 2.24) is 4.72 Å². The minimum Gasteiger partial charge on any atom is -0.208 e. The largest absolute Gasteiger partial charge is 0.241 e. The summed E-state index contributed by atoms with van der Waals surface area (Å²) in [5, 5.41) is 0.628. The molecule has 3 nitrogen and oxygen atoms in total. The second-order valence-corrected chi connectivity index (χ2v) is 7.13. The van der Waals surface area contributed by atoms with Crippen molar-refractivity contribution in [3.63, 3.8) is 0 Å². The topological polar surface area (TPSA) is 46.2 Å². The molecule has 0 atom stereocenters. The molecule has 1 aliphatic rings. The Labute approximate surface area is 118 Å². The van der Waals surface area contributed by atoms with Crippen molar-refractivity contribution >= 4 is 33.2 Å².